The van der Waals surface area contributed by atoms with Gasteiger partial charge >= 0.3 is 0 Å². The van der Waals surface area contributed by atoms with Crippen LogP contribution in [0.5, 0.6) is 0 Å². The average molecular weight is 196 g/mol. The van der Waals surface area contributed by atoms with Crippen LogP contribution in [0.4, 0.5) is 0 Å². The predicted octanol–water partition coefficient (Wildman–Crippen LogP) is 1.27. The van der Waals surface area contributed by atoms with Gasteiger partial charge in [-0.3, -0.25) is 4.79 Å². The fourth-order valence-electron chi connectivity index (χ4n) is 2.68. The molecule has 0 aromatic heterocycles. The molecule has 1 amide bonds. The standard InChI is InChI=1S/C11H20N2O/c12-10-7-4-8-13(11(10)14)9-5-2-1-3-6-9/h9-10H,1-8,12H2/t10-/m1/s1. The molecule has 1 aliphatic carbocycles. The minimum Gasteiger partial charge on any atom is -0.338 e. The summed E-state index contributed by atoms with van der Waals surface area (Å²) >= 11 is 0. The first-order valence-corrected chi connectivity index (χ1v) is 5.85. The summed E-state index contributed by atoms with van der Waals surface area (Å²) in [6.07, 6.45) is 8.25. The number of likely N-dealkylation sites (tertiary alicyclic amines) is 1. The molecule has 3 nitrogen and oxygen atoms in total. The SMILES string of the molecule is N[C@@H]1CCCN(C2CCCCC2)C1=O. The summed E-state index contributed by atoms with van der Waals surface area (Å²) in [6.45, 7) is 0.942. The maximum absolute atomic E-state index is 11.8. The number of hydrogen-bond acceptors (Lipinski definition) is 2. The Labute approximate surface area is 85.6 Å². The van der Waals surface area contributed by atoms with E-state index in [1.165, 1.54) is 32.1 Å². The lowest BCUT2D eigenvalue weighted by Crippen LogP contribution is -2.52. The van der Waals surface area contributed by atoms with E-state index in [9.17, 15) is 4.79 Å². The van der Waals surface area contributed by atoms with Gasteiger partial charge in [0, 0.05) is 12.6 Å². The zero-order valence-electron chi connectivity index (χ0n) is 8.74. The van der Waals surface area contributed by atoms with Gasteiger partial charge in [-0.05, 0) is 25.7 Å². The van der Waals surface area contributed by atoms with Gasteiger partial charge in [-0.25, -0.2) is 0 Å². The smallest absolute Gasteiger partial charge is 0.239 e. The monoisotopic (exact) mass is 196 g/mol. The van der Waals surface area contributed by atoms with Gasteiger partial charge in [-0.15, -0.1) is 0 Å². The quantitative estimate of drug-likeness (QED) is 0.686. The number of rotatable bonds is 1. The number of nitrogens with zero attached hydrogens (tertiary/aromatic N) is 1. The van der Waals surface area contributed by atoms with Crippen LogP contribution in [0.2, 0.25) is 0 Å². The minimum atomic E-state index is -0.217. The second kappa shape index (κ2) is 4.30. The van der Waals surface area contributed by atoms with Crippen molar-refractivity contribution in [2.45, 2.75) is 57.0 Å². The van der Waals surface area contributed by atoms with E-state index in [0.717, 1.165) is 19.4 Å². The second-order valence-electron chi connectivity index (χ2n) is 4.57. The van der Waals surface area contributed by atoms with Crippen LogP contribution in [0.3, 0.4) is 0 Å². The third-order valence-corrected chi connectivity index (χ3v) is 3.53. The number of hydrogen-bond donors (Lipinski definition) is 1. The lowest BCUT2D eigenvalue weighted by Gasteiger charge is -2.38. The van der Waals surface area contributed by atoms with Gasteiger partial charge in [0.15, 0.2) is 0 Å². The highest BCUT2D eigenvalue weighted by Gasteiger charge is 2.31. The maximum Gasteiger partial charge on any atom is 0.239 e. The molecule has 1 heterocycles. The Morgan fingerprint density at radius 3 is 2.50 bits per heavy atom. The molecule has 0 radical (unpaired) electrons. The van der Waals surface area contributed by atoms with Gasteiger partial charge in [-0.2, -0.15) is 0 Å². The molecular formula is C11H20N2O. The molecule has 2 fully saturated rings. The summed E-state index contributed by atoms with van der Waals surface area (Å²) in [6, 6.07) is 0.285. The van der Waals surface area contributed by atoms with Crippen molar-refractivity contribution >= 4 is 5.91 Å². The lowest BCUT2D eigenvalue weighted by molar-refractivity contribution is -0.138. The van der Waals surface area contributed by atoms with Crippen molar-refractivity contribution < 1.29 is 4.79 Å². The summed E-state index contributed by atoms with van der Waals surface area (Å²) in [5.74, 6) is 0.197. The number of carbonyl (C=O) groups is 1. The largest absolute Gasteiger partial charge is 0.338 e. The van der Waals surface area contributed by atoms with Crippen LogP contribution >= 0.6 is 0 Å². The predicted molar refractivity (Wildman–Crippen MR) is 55.8 cm³/mol. The molecule has 1 atom stereocenters. The summed E-state index contributed by atoms with van der Waals surface area (Å²) < 4.78 is 0. The topological polar surface area (TPSA) is 46.3 Å². The zero-order valence-corrected chi connectivity index (χ0v) is 8.74. The van der Waals surface area contributed by atoms with E-state index in [0.29, 0.717) is 6.04 Å². The fraction of sp³-hybridized carbons (Fsp3) is 0.909. The van der Waals surface area contributed by atoms with Crippen molar-refractivity contribution in [1.29, 1.82) is 0 Å². The first-order valence-electron chi connectivity index (χ1n) is 5.85. The molecule has 80 valence electrons. The highest BCUT2D eigenvalue weighted by molar-refractivity contribution is 5.82. The Morgan fingerprint density at radius 1 is 1.07 bits per heavy atom. The van der Waals surface area contributed by atoms with Crippen molar-refractivity contribution in [3.05, 3.63) is 0 Å². The van der Waals surface area contributed by atoms with Crippen LogP contribution < -0.4 is 5.73 Å². The van der Waals surface area contributed by atoms with Gasteiger partial charge in [0.25, 0.3) is 0 Å². The van der Waals surface area contributed by atoms with Gasteiger partial charge in [-0.1, -0.05) is 19.3 Å². The minimum absolute atomic E-state index is 0.197. The molecule has 2 aliphatic rings. The molecule has 1 saturated heterocycles. The Hall–Kier alpha value is -0.570. The van der Waals surface area contributed by atoms with E-state index >= 15 is 0 Å². The molecular weight excluding hydrogens is 176 g/mol. The first kappa shape index (κ1) is 9.97. The number of piperidine rings is 1. The van der Waals surface area contributed by atoms with Crippen LogP contribution in [-0.2, 0) is 4.79 Å². The Morgan fingerprint density at radius 2 is 1.79 bits per heavy atom. The molecule has 3 heteroatoms. The van der Waals surface area contributed by atoms with Gasteiger partial charge in [0.05, 0.1) is 6.04 Å². The Kier molecular flexibility index (Phi) is 3.06. The highest BCUT2D eigenvalue weighted by Crippen LogP contribution is 2.25. The van der Waals surface area contributed by atoms with Crippen LogP contribution in [0.25, 0.3) is 0 Å². The average Bonchev–Trinajstić information content (AvgIpc) is 2.23. The molecule has 1 saturated carbocycles. The van der Waals surface area contributed by atoms with Gasteiger partial charge < -0.3 is 10.6 Å². The molecule has 0 unspecified atom stereocenters. The van der Waals surface area contributed by atoms with E-state index in [-0.39, 0.29) is 11.9 Å². The Bertz CT molecular complexity index is 211. The zero-order chi connectivity index (χ0) is 9.97. The van der Waals surface area contributed by atoms with Gasteiger partial charge in [0.2, 0.25) is 5.91 Å². The molecule has 2 N–H and O–H groups in total. The maximum atomic E-state index is 11.8. The molecule has 14 heavy (non-hydrogen) atoms. The highest BCUT2D eigenvalue weighted by atomic mass is 16.2. The lowest BCUT2D eigenvalue weighted by atomic mass is 9.92. The van der Waals surface area contributed by atoms with E-state index in [2.05, 4.69) is 0 Å². The third-order valence-electron chi connectivity index (χ3n) is 3.53. The number of carbonyl (C=O) groups excluding carboxylic acids is 1. The molecule has 1 aliphatic heterocycles. The van der Waals surface area contributed by atoms with E-state index in [1.807, 2.05) is 4.90 Å². The molecule has 2 rings (SSSR count). The summed E-state index contributed by atoms with van der Waals surface area (Å²) in [7, 11) is 0. The number of amides is 1. The Balaban J connectivity index is 1.97. The van der Waals surface area contributed by atoms with Crippen molar-refractivity contribution in [3.8, 4) is 0 Å². The van der Waals surface area contributed by atoms with Gasteiger partial charge in [0.1, 0.15) is 0 Å². The van der Waals surface area contributed by atoms with Crippen molar-refractivity contribution in [2.75, 3.05) is 6.54 Å². The van der Waals surface area contributed by atoms with Crippen LogP contribution in [0.15, 0.2) is 0 Å². The normalized spacial score (nSPS) is 30.8. The van der Waals surface area contributed by atoms with E-state index in [4.69, 9.17) is 5.73 Å². The van der Waals surface area contributed by atoms with E-state index in [1.54, 1.807) is 0 Å². The molecule has 0 aromatic rings. The van der Waals surface area contributed by atoms with Crippen molar-refractivity contribution in [1.82, 2.24) is 4.90 Å². The van der Waals surface area contributed by atoms with Crippen LogP contribution in [-0.4, -0.2) is 29.4 Å². The molecule has 0 bridgehead atoms. The summed E-state index contributed by atoms with van der Waals surface area (Å²) in [5, 5.41) is 0. The van der Waals surface area contributed by atoms with E-state index < -0.39 is 0 Å². The third kappa shape index (κ3) is 1.92. The summed E-state index contributed by atoms with van der Waals surface area (Å²) in [4.78, 5) is 13.9. The van der Waals surface area contributed by atoms with Crippen LogP contribution in [0.1, 0.15) is 44.9 Å². The van der Waals surface area contributed by atoms with Crippen molar-refractivity contribution in [3.63, 3.8) is 0 Å². The summed E-state index contributed by atoms with van der Waals surface area (Å²) in [5.41, 5.74) is 5.78. The van der Waals surface area contributed by atoms with Crippen LogP contribution in [0, 0.1) is 0 Å². The molecule has 0 aromatic carbocycles. The number of nitrogens with two attached hydrogens (primary N) is 1. The molecule has 0 spiro atoms. The first-order chi connectivity index (χ1) is 6.79. The second-order valence-corrected chi connectivity index (χ2v) is 4.57. The fourth-order valence-corrected chi connectivity index (χ4v) is 2.68. The van der Waals surface area contributed by atoms with Crippen molar-refractivity contribution in [2.24, 2.45) is 5.73 Å².